The third-order valence-electron chi connectivity index (χ3n) is 2.84. The predicted molar refractivity (Wildman–Crippen MR) is 73.5 cm³/mol. The molecule has 0 heterocycles. The van der Waals surface area contributed by atoms with Crippen LogP contribution in [0.1, 0.15) is 13.3 Å². The quantitative estimate of drug-likeness (QED) is 0.722. The molecule has 0 aliphatic heterocycles. The molecular weight excluding hydrogens is 232 g/mol. The zero-order chi connectivity index (χ0) is 13.5. The van der Waals surface area contributed by atoms with Crippen LogP contribution in [0.3, 0.4) is 0 Å². The maximum Gasteiger partial charge on any atom is 0.162 e. The van der Waals surface area contributed by atoms with E-state index in [9.17, 15) is 0 Å². The van der Waals surface area contributed by atoms with Gasteiger partial charge in [0.05, 0.1) is 25.6 Å². The third kappa shape index (κ3) is 3.20. The maximum atomic E-state index is 8.91. The fourth-order valence-corrected chi connectivity index (χ4v) is 1.87. The highest BCUT2D eigenvalue weighted by Crippen LogP contribution is 2.36. The average Bonchev–Trinajstić information content (AvgIpc) is 2.40. The molecule has 0 saturated carbocycles. The summed E-state index contributed by atoms with van der Waals surface area (Å²) < 4.78 is 10.5. The van der Waals surface area contributed by atoms with E-state index in [4.69, 9.17) is 20.3 Å². The molecule has 1 aromatic carbocycles. The van der Waals surface area contributed by atoms with Crippen LogP contribution in [0.5, 0.6) is 11.5 Å². The second-order valence-corrected chi connectivity index (χ2v) is 3.92. The van der Waals surface area contributed by atoms with Crippen LogP contribution in [0.2, 0.25) is 0 Å². The summed E-state index contributed by atoms with van der Waals surface area (Å²) in [6.07, 6.45) is 0.710. The van der Waals surface area contributed by atoms with E-state index >= 15 is 0 Å². The van der Waals surface area contributed by atoms with Crippen LogP contribution in [0.4, 0.5) is 11.4 Å². The molecule has 1 rings (SSSR count). The normalized spacial score (nSPS) is 10.2. The van der Waals surface area contributed by atoms with Crippen molar-refractivity contribution in [1.29, 1.82) is 0 Å². The van der Waals surface area contributed by atoms with Crippen LogP contribution >= 0.6 is 0 Å². The topological polar surface area (TPSA) is 68.0 Å². The van der Waals surface area contributed by atoms with Crippen molar-refractivity contribution in [1.82, 2.24) is 0 Å². The Balaban J connectivity index is 3.06. The van der Waals surface area contributed by atoms with E-state index in [1.54, 1.807) is 20.3 Å². The summed E-state index contributed by atoms with van der Waals surface area (Å²) in [6, 6.07) is 3.63. The molecule has 0 amide bonds. The monoisotopic (exact) mass is 254 g/mol. The fourth-order valence-electron chi connectivity index (χ4n) is 1.87. The Morgan fingerprint density at radius 1 is 1.22 bits per heavy atom. The lowest BCUT2D eigenvalue weighted by atomic mass is 10.2. The highest BCUT2D eigenvalue weighted by Gasteiger charge is 2.13. The molecule has 0 unspecified atom stereocenters. The minimum atomic E-state index is 0.170. The molecule has 0 atom stereocenters. The standard InChI is InChI=1S/C13H22N2O3/c1-4-15(6-5-7-16)11-9-13(18-3)12(17-2)8-10(11)14/h8-9,16H,4-7,14H2,1-3H3. The Kier molecular flexibility index (Phi) is 5.58. The second kappa shape index (κ2) is 6.96. The molecule has 0 fully saturated rings. The number of benzene rings is 1. The Morgan fingerprint density at radius 3 is 2.33 bits per heavy atom. The smallest absolute Gasteiger partial charge is 0.162 e. The fraction of sp³-hybridized carbons (Fsp3) is 0.538. The first-order valence-corrected chi connectivity index (χ1v) is 6.05. The van der Waals surface area contributed by atoms with Gasteiger partial charge in [0.25, 0.3) is 0 Å². The van der Waals surface area contributed by atoms with E-state index in [1.807, 2.05) is 13.0 Å². The van der Waals surface area contributed by atoms with Gasteiger partial charge in [-0.1, -0.05) is 0 Å². The molecule has 1 aromatic rings. The summed E-state index contributed by atoms with van der Waals surface area (Å²) in [5.74, 6) is 1.28. The summed E-state index contributed by atoms with van der Waals surface area (Å²) >= 11 is 0. The molecule has 18 heavy (non-hydrogen) atoms. The number of ether oxygens (including phenoxy) is 2. The molecule has 3 N–H and O–H groups in total. The number of anilines is 2. The first kappa shape index (κ1) is 14.4. The van der Waals surface area contributed by atoms with Gasteiger partial charge in [0, 0.05) is 31.8 Å². The van der Waals surface area contributed by atoms with Crippen LogP contribution < -0.4 is 20.1 Å². The van der Waals surface area contributed by atoms with Gasteiger partial charge in [-0.15, -0.1) is 0 Å². The number of nitrogens with zero attached hydrogens (tertiary/aromatic N) is 1. The molecule has 0 aliphatic rings. The van der Waals surface area contributed by atoms with E-state index in [1.165, 1.54) is 0 Å². The Bertz CT molecular complexity index is 383. The van der Waals surface area contributed by atoms with Crippen molar-refractivity contribution >= 4 is 11.4 Å². The molecule has 0 radical (unpaired) electrons. The van der Waals surface area contributed by atoms with Gasteiger partial charge < -0.3 is 25.2 Å². The highest BCUT2D eigenvalue weighted by atomic mass is 16.5. The van der Waals surface area contributed by atoms with Crippen molar-refractivity contribution in [3.63, 3.8) is 0 Å². The zero-order valence-electron chi connectivity index (χ0n) is 11.3. The Labute approximate surface area is 108 Å². The number of hydrogen-bond donors (Lipinski definition) is 2. The molecule has 0 aliphatic carbocycles. The number of rotatable bonds is 7. The molecule has 5 heteroatoms. The number of nitrogen functional groups attached to an aromatic ring is 1. The summed E-state index contributed by atoms with van der Waals surface area (Å²) in [6.45, 7) is 3.80. The van der Waals surface area contributed by atoms with E-state index in [2.05, 4.69) is 4.90 Å². The molecule has 102 valence electrons. The highest BCUT2D eigenvalue weighted by molar-refractivity contribution is 5.73. The van der Waals surface area contributed by atoms with Gasteiger partial charge in [0.2, 0.25) is 0 Å². The number of aliphatic hydroxyl groups excluding tert-OH is 1. The van der Waals surface area contributed by atoms with E-state index in [0.717, 1.165) is 18.8 Å². The molecule has 0 bridgehead atoms. The summed E-state index contributed by atoms with van der Waals surface area (Å²) in [5, 5.41) is 8.91. The van der Waals surface area contributed by atoms with Crippen molar-refractivity contribution < 1.29 is 14.6 Å². The lowest BCUT2D eigenvalue weighted by Gasteiger charge is -2.25. The second-order valence-electron chi connectivity index (χ2n) is 3.92. The van der Waals surface area contributed by atoms with Gasteiger partial charge in [-0.05, 0) is 13.3 Å². The zero-order valence-corrected chi connectivity index (χ0v) is 11.3. The number of aliphatic hydroxyl groups is 1. The lowest BCUT2D eigenvalue weighted by Crippen LogP contribution is -2.25. The average molecular weight is 254 g/mol. The van der Waals surface area contributed by atoms with Crippen LogP contribution in [0.15, 0.2) is 12.1 Å². The van der Waals surface area contributed by atoms with Crippen LogP contribution in [0, 0.1) is 0 Å². The number of hydrogen-bond acceptors (Lipinski definition) is 5. The lowest BCUT2D eigenvalue weighted by molar-refractivity contribution is 0.289. The minimum Gasteiger partial charge on any atom is -0.493 e. The van der Waals surface area contributed by atoms with Crippen LogP contribution in [-0.2, 0) is 0 Å². The van der Waals surface area contributed by atoms with E-state index in [0.29, 0.717) is 23.6 Å². The molecule has 0 saturated heterocycles. The summed E-state index contributed by atoms with van der Waals surface area (Å²) in [5.41, 5.74) is 7.58. The number of methoxy groups -OCH3 is 2. The first-order valence-electron chi connectivity index (χ1n) is 6.05. The van der Waals surface area contributed by atoms with Gasteiger partial charge in [-0.25, -0.2) is 0 Å². The van der Waals surface area contributed by atoms with Gasteiger partial charge >= 0.3 is 0 Å². The van der Waals surface area contributed by atoms with E-state index in [-0.39, 0.29) is 6.61 Å². The van der Waals surface area contributed by atoms with E-state index < -0.39 is 0 Å². The first-order chi connectivity index (χ1) is 8.67. The summed E-state index contributed by atoms with van der Waals surface area (Å²) in [4.78, 5) is 2.10. The van der Waals surface area contributed by atoms with Gasteiger partial charge in [0.15, 0.2) is 11.5 Å². The predicted octanol–water partition coefficient (Wildman–Crippen LogP) is 1.49. The van der Waals surface area contributed by atoms with Crippen molar-refractivity contribution in [2.45, 2.75) is 13.3 Å². The van der Waals surface area contributed by atoms with Crippen LogP contribution in [-0.4, -0.2) is 39.0 Å². The Hall–Kier alpha value is -1.62. The van der Waals surface area contributed by atoms with Crippen molar-refractivity contribution in [2.24, 2.45) is 0 Å². The molecule has 0 aromatic heterocycles. The maximum absolute atomic E-state index is 8.91. The third-order valence-corrected chi connectivity index (χ3v) is 2.84. The van der Waals surface area contributed by atoms with Crippen molar-refractivity contribution in [2.75, 3.05) is 44.5 Å². The van der Waals surface area contributed by atoms with Gasteiger partial charge in [-0.2, -0.15) is 0 Å². The largest absolute Gasteiger partial charge is 0.493 e. The molecule has 5 nitrogen and oxygen atoms in total. The molecule has 0 spiro atoms. The SMILES string of the molecule is CCN(CCCO)c1cc(OC)c(OC)cc1N. The van der Waals surface area contributed by atoms with Gasteiger partial charge in [0.1, 0.15) is 0 Å². The minimum absolute atomic E-state index is 0.170. The van der Waals surface area contributed by atoms with Crippen molar-refractivity contribution in [3.8, 4) is 11.5 Å². The number of nitrogens with two attached hydrogens (primary N) is 1. The molecular formula is C13H22N2O3. The summed E-state index contributed by atoms with van der Waals surface area (Å²) in [7, 11) is 3.18. The Morgan fingerprint density at radius 2 is 1.83 bits per heavy atom. The van der Waals surface area contributed by atoms with Crippen LogP contribution in [0.25, 0.3) is 0 Å². The van der Waals surface area contributed by atoms with Crippen molar-refractivity contribution in [3.05, 3.63) is 12.1 Å². The van der Waals surface area contributed by atoms with Gasteiger partial charge in [-0.3, -0.25) is 0 Å².